The van der Waals surface area contributed by atoms with Crippen LogP contribution in [0.4, 0.5) is 13.2 Å². The molecule has 0 aliphatic rings. The summed E-state index contributed by atoms with van der Waals surface area (Å²) in [5, 5.41) is 2.53. The number of nitrogens with zero attached hydrogens (tertiary/aromatic N) is 2. The lowest BCUT2D eigenvalue weighted by atomic mass is 10.2. The van der Waals surface area contributed by atoms with Crippen molar-refractivity contribution >= 4 is 11.7 Å². The molecule has 0 saturated heterocycles. The number of carbonyl (C=O) groups is 2. The Balaban J connectivity index is 2.00. The number of alkyl halides is 3. The van der Waals surface area contributed by atoms with Crippen LogP contribution in [0.1, 0.15) is 28.8 Å². The van der Waals surface area contributed by atoms with Gasteiger partial charge < -0.3 is 10.1 Å². The molecule has 0 saturated carbocycles. The third-order valence-electron chi connectivity index (χ3n) is 2.93. The molecule has 2 aromatic rings. The SMILES string of the molecule is CC(=O)Cc1nccc(C(=O)NCc2cccc(OC(F)(F)F)c2)n1. The molecule has 6 nitrogen and oxygen atoms in total. The van der Waals surface area contributed by atoms with Crippen LogP contribution in [0.15, 0.2) is 36.5 Å². The number of Topliss-reactive ketones (excluding diaryl/α,β-unsaturated/α-hetero) is 1. The smallest absolute Gasteiger partial charge is 0.406 e. The Morgan fingerprint density at radius 2 is 2.00 bits per heavy atom. The van der Waals surface area contributed by atoms with Crippen LogP contribution in [0, 0.1) is 0 Å². The van der Waals surface area contributed by atoms with Gasteiger partial charge in [-0.25, -0.2) is 9.97 Å². The van der Waals surface area contributed by atoms with Crippen molar-refractivity contribution in [1.29, 1.82) is 0 Å². The van der Waals surface area contributed by atoms with Crippen LogP contribution >= 0.6 is 0 Å². The van der Waals surface area contributed by atoms with E-state index < -0.39 is 12.3 Å². The summed E-state index contributed by atoms with van der Waals surface area (Å²) < 4.78 is 40.4. The number of benzene rings is 1. The van der Waals surface area contributed by atoms with Crippen molar-refractivity contribution in [3.8, 4) is 5.75 Å². The number of amides is 1. The average Bonchev–Trinajstić information content (AvgIpc) is 2.51. The zero-order chi connectivity index (χ0) is 18.4. The Morgan fingerprint density at radius 3 is 2.68 bits per heavy atom. The number of ketones is 1. The summed E-state index contributed by atoms with van der Waals surface area (Å²) in [5.41, 5.74) is 0.488. The first-order valence-corrected chi connectivity index (χ1v) is 7.17. The lowest BCUT2D eigenvalue weighted by molar-refractivity contribution is -0.274. The molecule has 1 amide bonds. The molecule has 0 aliphatic heterocycles. The number of aromatic nitrogens is 2. The summed E-state index contributed by atoms with van der Waals surface area (Å²) in [6.07, 6.45) is -3.41. The number of hydrogen-bond donors (Lipinski definition) is 1. The first-order valence-electron chi connectivity index (χ1n) is 7.17. The van der Waals surface area contributed by atoms with Crippen molar-refractivity contribution in [3.63, 3.8) is 0 Å². The van der Waals surface area contributed by atoms with Crippen LogP contribution in [0.2, 0.25) is 0 Å². The van der Waals surface area contributed by atoms with Gasteiger partial charge in [-0.2, -0.15) is 0 Å². The van der Waals surface area contributed by atoms with Gasteiger partial charge in [0.2, 0.25) is 0 Å². The van der Waals surface area contributed by atoms with E-state index in [1.807, 2.05) is 0 Å². The minimum Gasteiger partial charge on any atom is -0.406 e. The highest BCUT2D eigenvalue weighted by Gasteiger charge is 2.31. The summed E-state index contributed by atoms with van der Waals surface area (Å²) in [5.74, 6) is -0.820. The van der Waals surface area contributed by atoms with Gasteiger partial charge in [0.25, 0.3) is 5.91 Å². The molecule has 1 aromatic carbocycles. The normalized spacial score (nSPS) is 11.0. The minimum absolute atomic E-state index is 0.0119. The predicted octanol–water partition coefficient (Wildman–Crippen LogP) is 2.44. The Kier molecular flexibility index (Phi) is 5.68. The Hall–Kier alpha value is -2.97. The Bertz CT molecular complexity index is 778. The van der Waals surface area contributed by atoms with Gasteiger partial charge in [0.15, 0.2) is 0 Å². The van der Waals surface area contributed by atoms with E-state index >= 15 is 0 Å². The van der Waals surface area contributed by atoms with Gasteiger partial charge in [-0.15, -0.1) is 13.2 Å². The van der Waals surface area contributed by atoms with E-state index in [0.29, 0.717) is 5.56 Å². The van der Waals surface area contributed by atoms with Crippen molar-refractivity contribution in [2.24, 2.45) is 0 Å². The van der Waals surface area contributed by atoms with Gasteiger partial charge in [-0.05, 0) is 30.7 Å². The Morgan fingerprint density at radius 1 is 1.24 bits per heavy atom. The van der Waals surface area contributed by atoms with E-state index in [9.17, 15) is 22.8 Å². The van der Waals surface area contributed by atoms with Crippen molar-refractivity contribution in [1.82, 2.24) is 15.3 Å². The van der Waals surface area contributed by atoms with E-state index in [-0.39, 0.29) is 36.0 Å². The van der Waals surface area contributed by atoms with Gasteiger partial charge in [0.1, 0.15) is 23.1 Å². The maximum Gasteiger partial charge on any atom is 0.573 e. The predicted molar refractivity (Wildman–Crippen MR) is 80.7 cm³/mol. The van der Waals surface area contributed by atoms with Crippen molar-refractivity contribution < 1.29 is 27.5 Å². The van der Waals surface area contributed by atoms with Gasteiger partial charge in [-0.1, -0.05) is 12.1 Å². The number of hydrogen-bond acceptors (Lipinski definition) is 5. The molecule has 0 spiro atoms. The second-order valence-corrected chi connectivity index (χ2v) is 5.11. The zero-order valence-electron chi connectivity index (χ0n) is 13.1. The van der Waals surface area contributed by atoms with Crippen molar-refractivity contribution in [2.45, 2.75) is 26.3 Å². The first kappa shape index (κ1) is 18.4. The van der Waals surface area contributed by atoms with E-state index in [1.165, 1.54) is 31.3 Å². The van der Waals surface area contributed by atoms with Crippen LogP contribution in [0.25, 0.3) is 0 Å². The molecule has 0 aliphatic carbocycles. The highest BCUT2D eigenvalue weighted by atomic mass is 19.4. The molecular formula is C16H14F3N3O3. The number of carbonyl (C=O) groups excluding carboxylic acids is 2. The lowest BCUT2D eigenvalue weighted by Crippen LogP contribution is -2.24. The van der Waals surface area contributed by atoms with Crippen LogP contribution in [-0.4, -0.2) is 28.0 Å². The van der Waals surface area contributed by atoms with Crippen LogP contribution < -0.4 is 10.1 Å². The quantitative estimate of drug-likeness (QED) is 0.863. The van der Waals surface area contributed by atoms with E-state index in [1.54, 1.807) is 6.07 Å². The third kappa shape index (κ3) is 6.21. The standard InChI is InChI=1S/C16H14F3N3O3/c1-10(23)7-14-20-6-5-13(22-14)15(24)21-9-11-3-2-4-12(8-11)25-16(17,18)19/h2-6,8H,7,9H2,1H3,(H,21,24). The summed E-state index contributed by atoms with van der Waals surface area (Å²) in [7, 11) is 0. The second kappa shape index (κ2) is 7.73. The summed E-state index contributed by atoms with van der Waals surface area (Å²) in [6, 6.07) is 6.65. The van der Waals surface area contributed by atoms with E-state index in [4.69, 9.17) is 0 Å². The molecule has 0 atom stereocenters. The van der Waals surface area contributed by atoms with Gasteiger partial charge in [0.05, 0.1) is 6.42 Å². The number of halogens is 3. The third-order valence-corrected chi connectivity index (χ3v) is 2.93. The lowest BCUT2D eigenvalue weighted by Gasteiger charge is -2.10. The maximum absolute atomic E-state index is 12.2. The van der Waals surface area contributed by atoms with Crippen LogP contribution in [-0.2, 0) is 17.8 Å². The topological polar surface area (TPSA) is 81.2 Å². The van der Waals surface area contributed by atoms with E-state index in [0.717, 1.165) is 6.07 Å². The minimum atomic E-state index is -4.78. The zero-order valence-corrected chi connectivity index (χ0v) is 13.1. The molecule has 1 aromatic heterocycles. The van der Waals surface area contributed by atoms with Gasteiger partial charge in [-0.3, -0.25) is 9.59 Å². The van der Waals surface area contributed by atoms with Gasteiger partial charge in [0, 0.05) is 12.7 Å². The number of rotatable bonds is 6. The number of ether oxygens (including phenoxy) is 1. The highest BCUT2D eigenvalue weighted by Crippen LogP contribution is 2.23. The average molecular weight is 353 g/mol. The summed E-state index contributed by atoms with van der Waals surface area (Å²) >= 11 is 0. The summed E-state index contributed by atoms with van der Waals surface area (Å²) in [4.78, 5) is 31.0. The van der Waals surface area contributed by atoms with Crippen molar-refractivity contribution in [3.05, 3.63) is 53.6 Å². The molecule has 0 bridgehead atoms. The van der Waals surface area contributed by atoms with Crippen LogP contribution in [0.3, 0.4) is 0 Å². The molecule has 2 rings (SSSR count). The molecule has 9 heteroatoms. The fourth-order valence-electron chi connectivity index (χ4n) is 1.96. The molecule has 0 radical (unpaired) electrons. The molecule has 0 unspecified atom stereocenters. The molecule has 25 heavy (non-hydrogen) atoms. The Labute approximate surface area is 141 Å². The van der Waals surface area contributed by atoms with Crippen molar-refractivity contribution in [2.75, 3.05) is 0 Å². The largest absolute Gasteiger partial charge is 0.573 e. The molecule has 1 heterocycles. The van der Waals surface area contributed by atoms with E-state index in [2.05, 4.69) is 20.0 Å². The fourth-order valence-corrected chi connectivity index (χ4v) is 1.96. The van der Waals surface area contributed by atoms with Crippen LogP contribution in [0.5, 0.6) is 5.75 Å². The maximum atomic E-state index is 12.2. The summed E-state index contributed by atoms with van der Waals surface area (Å²) in [6.45, 7) is 1.37. The molecule has 0 fully saturated rings. The first-order chi connectivity index (χ1) is 11.7. The van der Waals surface area contributed by atoms with Gasteiger partial charge >= 0.3 is 6.36 Å². The fraction of sp³-hybridized carbons (Fsp3) is 0.250. The second-order valence-electron chi connectivity index (χ2n) is 5.11. The molecular weight excluding hydrogens is 339 g/mol. The monoisotopic (exact) mass is 353 g/mol. The number of nitrogens with one attached hydrogen (secondary N) is 1. The highest BCUT2D eigenvalue weighted by molar-refractivity contribution is 5.92. The molecule has 132 valence electrons. The molecule has 1 N–H and O–H groups in total.